The summed E-state index contributed by atoms with van der Waals surface area (Å²) >= 11 is 0. The van der Waals surface area contributed by atoms with Crippen molar-refractivity contribution < 1.29 is 64.3 Å². The standard InChI is InChI=1S/Ce.Mn.O.Sn/q+3;+2;-2;+4. The van der Waals surface area contributed by atoms with E-state index in [-0.39, 0.29) is 88.2 Å². The van der Waals surface area contributed by atoms with Crippen LogP contribution in [0, 0.1) is 41.7 Å². The Morgan fingerprint density at radius 3 is 1.00 bits per heavy atom. The van der Waals surface area contributed by atoms with Gasteiger partial charge in [-0.25, -0.2) is 0 Å². The van der Waals surface area contributed by atoms with E-state index >= 15 is 0 Å². The number of hydrogen-bond donors (Lipinski definition) is 0. The van der Waals surface area contributed by atoms with E-state index in [4.69, 9.17) is 0 Å². The zero-order chi connectivity index (χ0) is 0. The monoisotopic (exact) mass is 331 g/mol. The van der Waals surface area contributed by atoms with Crippen molar-refractivity contribution in [3.63, 3.8) is 0 Å². The molecule has 0 aromatic heterocycles. The summed E-state index contributed by atoms with van der Waals surface area (Å²) in [5.41, 5.74) is 0. The fourth-order valence-electron chi connectivity index (χ4n) is 0. The topological polar surface area (TPSA) is 28.5 Å². The van der Waals surface area contributed by atoms with E-state index in [2.05, 4.69) is 0 Å². The van der Waals surface area contributed by atoms with Crippen molar-refractivity contribution in [2.75, 3.05) is 0 Å². The molecule has 0 aromatic rings. The van der Waals surface area contributed by atoms with E-state index in [0.717, 1.165) is 0 Å². The first-order valence-electron chi connectivity index (χ1n) is 0. The molecular formula is CeMnOSn+7. The van der Waals surface area contributed by atoms with Crippen molar-refractivity contribution in [3.8, 4) is 0 Å². The molecule has 0 saturated carbocycles. The SMILES string of the molecule is [Ce+3].[Mn+2].[O-2].[Sn+4]. The maximum Gasteiger partial charge on any atom is 4.00 e. The molecule has 0 fully saturated rings. The van der Waals surface area contributed by atoms with Gasteiger partial charge in [-0.05, 0) is 0 Å². The molecule has 0 aliphatic heterocycles. The van der Waals surface area contributed by atoms with Gasteiger partial charge >= 0.3 is 82.7 Å². The first-order chi connectivity index (χ1) is 0. The van der Waals surface area contributed by atoms with Crippen LogP contribution in [0.15, 0.2) is 0 Å². The van der Waals surface area contributed by atoms with Gasteiger partial charge in [0.25, 0.3) is 0 Å². The minimum Gasteiger partial charge on any atom is -2.00 e. The van der Waals surface area contributed by atoms with Gasteiger partial charge in [0.1, 0.15) is 0 Å². The van der Waals surface area contributed by atoms with Crippen LogP contribution >= 0.6 is 0 Å². The van der Waals surface area contributed by atoms with Crippen LogP contribution in [0.1, 0.15) is 0 Å². The summed E-state index contributed by atoms with van der Waals surface area (Å²) in [6, 6.07) is 0. The third-order valence-corrected chi connectivity index (χ3v) is 0. The van der Waals surface area contributed by atoms with Crippen LogP contribution in [-0.4, -0.2) is 23.9 Å². The van der Waals surface area contributed by atoms with Crippen LogP contribution < -0.4 is 0 Å². The molecule has 0 aliphatic carbocycles. The zero-order valence-electron chi connectivity index (χ0n) is 1.79. The molecular weight excluding hydrogens is 330 g/mol. The Kier molecular flexibility index (Phi) is 131. The number of hydrogen-bond acceptors (Lipinski definition) is 0. The molecule has 0 heterocycles. The molecule has 2 radical (unpaired) electrons. The summed E-state index contributed by atoms with van der Waals surface area (Å²) in [5.74, 6) is 0. The molecule has 0 atom stereocenters. The van der Waals surface area contributed by atoms with Crippen LogP contribution in [-0.2, 0) is 22.5 Å². The van der Waals surface area contributed by atoms with Gasteiger partial charge in [0.2, 0.25) is 0 Å². The van der Waals surface area contributed by atoms with Gasteiger partial charge < -0.3 is 5.48 Å². The summed E-state index contributed by atoms with van der Waals surface area (Å²) < 4.78 is 0. The molecule has 0 aliphatic rings. The average Bonchev–Trinajstić information content (AvgIpc) is 0. The normalized spacial score (nSPS) is 0. The summed E-state index contributed by atoms with van der Waals surface area (Å²) in [4.78, 5) is 0. The first kappa shape index (κ1) is 30.2. The van der Waals surface area contributed by atoms with E-state index in [1.165, 1.54) is 0 Å². The average molecular weight is 330 g/mol. The molecule has 0 aromatic carbocycles. The Morgan fingerprint density at radius 1 is 1.00 bits per heavy atom. The largest absolute Gasteiger partial charge is 4.00 e. The van der Waals surface area contributed by atoms with Crippen molar-refractivity contribution in [3.05, 3.63) is 0 Å². The van der Waals surface area contributed by atoms with Crippen LogP contribution in [0.2, 0.25) is 0 Å². The molecule has 0 rings (SSSR count). The van der Waals surface area contributed by atoms with Crippen molar-refractivity contribution in [2.24, 2.45) is 0 Å². The maximum atomic E-state index is 0. The molecule has 0 saturated heterocycles. The van der Waals surface area contributed by atoms with E-state index in [0.29, 0.717) is 0 Å². The van der Waals surface area contributed by atoms with Gasteiger partial charge in [0, 0.05) is 0 Å². The van der Waals surface area contributed by atoms with Gasteiger partial charge in [0.15, 0.2) is 0 Å². The predicted molar refractivity (Wildman–Crippen MR) is 6.44 cm³/mol. The fourth-order valence-corrected chi connectivity index (χ4v) is 0. The molecule has 14 valence electrons. The Morgan fingerprint density at radius 2 is 1.00 bits per heavy atom. The molecule has 1 nitrogen and oxygen atoms in total. The molecule has 0 amide bonds. The second-order valence-corrected chi connectivity index (χ2v) is 0. The Bertz CT molecular complexity index is 8.00. The van der Waals surface area contributed by atoms with Crippen molar-refractivity contribution in [1.29, 1.82) is 0 Å². The summed E-state index contributed by atoms with van der Waals surface area (Å²) in [7, 11) is 0. The zero-order valence-corrected chi connectivity index (χ0v) is 8.96. The third-order valence-electron chi connectivity index (χ3n) is 0. The minimum atomic E-state index is 0. The molecule has 0 N–H and O–H groups in total. The maximum absolute atomic E-state index is 0. The molecule has 0 unspecified atom stereocenters. The Balaban J connectivity index is 0. The quantitative estimate of drug-likeness (QED) is 0.536. The van der Waals surface area contributed by atoms with Crippen LogP contribution in [0.5, 0.6) is 0 Å². The van der Waals surface area contributed by atoms with Crippen LogP contribution in [0.4, 0.5) is 0 Å². The van der Waals surface area contributed by atoms with E-state index in [9.17, 15) is 0 Å². The summed E-state index contributed by atoms with van der Waals surface area (Å²) in [6.07, 6.45) is 0. The van der Waals surface area contributed by atoms with E-state index in [1.807, 2.05) is 0 Å². The van der Waals surface area contributed by atoms with E-state index in [1.54, 1.807) is 0 Å². The van der Waals surface area contributed by atoms with Crippen molar-refractivity contribution in [1.82, 2.24) is 0 Å². The first-order valence-corrected chi connectivity index (χ1v) is 0. The van der Waals surface area contributed by atoms with E-state index < -0.39 is 0 Å². The second kappa shape index (κ2) is 17.4. The molecule has 4 heteroatoms. The fraction of sp³-hybridized carbons (Fsp3) is 0. The van der Waals surface area contributed by atoms with Gasteiger partial charge in [-0.3, -0.25) is 0 Å². The van der Waals surface area contributed by atoms with Crippen LogP contribution in [0.3, 0.4) is 0 Å². The van der Waals surface area contributed by atoms with Gasteiger partial charge in [0.05, 0.1) is 0 Å². The molecule has 0 spiro atoms. The minimum absolute atomic E-state index is 0. The number of rotatable bonds is 0. The second-order valence-electron chi connectivity index (χ2n) is 0. The smallest absolute Gasteiger partial charge is 2.00 e. The van der Waals surface area contributed by atoms with Gasteiger partial charge in [-0.2, -0.15) is 0 Å². The molecule has 4 heavy (non-hydrogen) atoms. The Labute approximate surface area is 86.4 Å². The van der Waals surface area contributed by atoms with Gasteiger partial charge in [-0.15, -0.1) is 0 Å². The third kappa shape index (κ3) is 8.82. The molecule has 0 bridgehead atoms. The van der Waals surface area contributed by atoms with Gasteiger partial charge in [-0.1, -0.05) is 0 Å². The summed E-state index contributed by atoms with van der Waals surface area (Å²) in [6.45, 7) is 0. The summed E-state index contributed by atoms with van der Waals surface area (Å²) in [5, 5.41) is 0. The van der Waals surface area contributed by atoms with Crippen LogP contribution in [0.25, 0.3) is 0 Å². The van der Waals surface area contributed by atoms with Crippen molar-refractivity contribution in [2.45, 2.75) is 0 Å². The van der Waals surface area contributed by atoms with Crippen molar-refractivity contribution >= 4 is 23.9 Å². The predicted octanol–water partition coefficient (Wildman–Crippen LogP) is -0.502. The Hall–Kier alpha value is 2.65.